The number of nitrogens with zero attached hydrogens (tertiary/aromatic N) is 2. The van der Waals surface area contributed by atoms with Gasteiger partial charge in [-0.2, -0.15) is 0 Å². The zero-order valence-corrected chi connectivity index (χ0v) is 39.5. The van der Waals surface area contributed by atoms with Gasteiger partial charge in [-0.15, -0.1) is 0 Å². The van der Waals surface area contributed by atoms with Gasteiger partial charge in [0.15, 0.2) is 0 Å². The fraction of sp³-hybridized carbons (Fsp3) is 0.0145. The monoisotopic (exact) mass is 930 g/mol. The van der Waals surface area contributed by atoms with Crippen LogP contribution in [0.4, 0.5) is 34.1 Å². The van der Waals surface area contributed by atoms with E-state index in [1.165, 1.54) is 38.8 Å². The van der Waals surface area contributed by atoms with Crippen LogP contribution < -0.4 is 9.80 Å². The van der Waals surface area contributed by atoms with Crippen LogP contribution in [0.1, 0.15) is 22.3 Å². The van der Waals surface area contributed by atoms with Crippen molar-refractivity contribution in [1.82, 2.24) is 0 Å². The minimum Gasteiger partial charge on any atom is -0.455 e. The van der Waals surface area contributed by atoms with Gasteiger partial charge >= 0.3 is 0 Å². The summed E-state index contributed by atoms with van der Waals surface area (Å²) in [5, 5.41) is 8.89. The molecule has 4 nitrogen and oxygen atoms in total. The summed E-state index contributed by atoms with van der Waals surface area (Å²) in [7, 11) is 0. The van der Waals surface area contributed by atoms with Crippen LogP contribution in [0.3, 0.4) is 0 Å². The number of para-hydroxylation sites is 6. The molecule has 73 heavy (non-hydrogen) atoms. The number of furan rings is 2. The molecule has 2 aliphatic carbocycles. The van der Waals surface area contributed by atoms with E-state index in [0.29, 0.717) is 0 Å². The lowest BCUT2D eigenvalue weighted by molar-refractivity contribution is 0.669. The Morgan fingerprint density at radius 2 is 0.671 bits per heavy atom. The summed E-state index contributed by atoms with van der Waals surface area (Å²) < 4.78 is 14.7. The Morgan fingerprint density at radius 3 is 1.19 bits per heavy atom. The van der Waals surface area contributed by atoms with E-state index in [2.05, 4.69) is 265 Å². The molecule has 2 aromatic heterocycles. The molecule has 0 fully saturated rings. The molecule has 2 aliphatic rings. The maximum atomic E-state index is 7.46. The first-order chi connectivity index (χ1) is 36.3. The standard InChI is InChI=1S/C69H42N2O2/c1-5-21-43(22-6-1)70(44-23-7-2-8-24-44)47-37-39-51-55(41-47)61-53-31-15-19-35-59(53)73-68(61)64-63-62-54-32-16-20-36-60(54)72-67(62)56-42-48(71(45-25-9-3-10-26-45)46-27-11-4-12-28-46)38-40-52(56)65(63)69(66(51)64)57-33-17-13-29-49(57)50-30-14-18-34-58(50)69/h1-42H. The number of hydrogen-bond donors (Lipinski definition) is 0. The lowest BCUT2D eigenvalue weighted by Crippen LogP contribution is -2.26. The van der Waals surface area contributed by atoms with Gasteiger partial charge in [-0.1, -0.05) is 170 Å². The molecule has 16 rings (SSSR count). The molecular formula is C69H42N2O2. The molecule has 2 heterocycles. The predicted molar refractivity (Wildman–Crippen MR) is 302 cm³/mol. The van der Waals surface area contributed by atoms with Crippen LogP contribution in [0.2, 0.25) is 0 Å². The summed E-state index contributed by atoms with van der Waals surface area (Å²) in [4.78, 5) is 4.72. The summed E-state index contributed by atoms with van der Waals surface area (Å²) in [6, 6.07) is 92.3. The lowest BCUT2D eigenvalue weighted by atomic mass is 9.68. The fourth-order valence-corrected chi connectivity index (χ4v) is 13.0. The molecule has 0 bridgehead atoms. The minimum absolute atomic E-state index is 0.770. The molecule has 0 unspecified atom stereocenters. The zero-order valence-electron chi connectivity index (χ0n) is 39.5. The fourth-order valence-electron chi connectivity index (χ4n) is 13.0. The molecule has 0 saturated heterocycles. The van der Waals surface area contributed by atoms with E-state index in [1.54, 1.807) is 0 Å². The maximum absolute atomic E-state index is 7.46. The van der Waals surface area contributed by atoms with Gasteiger partial charge in [0.2, 0.25) is 0 Å². The van der Waals surface area contributed by atoms with Gasteiger partial charge in [-0.25, -0.2) is 0 Å². The Bertz CT molecular complexity index is 4430. The number of benzene rings is 12. The molecule has 4 heteroatoms. The van der Waals surface area contributed by atoms with E-state index in [1.807, 2.05) is 0 Å². The van der Waals surface area contributed by atoms with Crippen molar-refractivity contribution in [3.05, 3.63) is 277 Å². The molecule has 12 aromatic carbocycles. The Labute approximate surface area is 420 Å². The third kappa shape index (κ3) is 5.44. The number of anilines is 6. The van der Waals surface area contributed by atoms with E-state index in [4.69, 9.17) is 8.83 Å². The first-order valence-corrected chi connectivity index (χ1v) is 25.1. The van der Waals surface area contributed by atoms with Crippen LogP contribution in [-0.2, 0) is 5.41 Å². The predicted octanol–water partition coefficient (Wildman–Crippen LogP) is 19.1. The summed E-state index contributed by atoms with van der Waals surface area (Å²) >= 11 is 0. The summed E-state index contributed by atoms with van der Waals surface area (Å²) in [6.45, 7) is 0. The van der Waals surface area contributed by atoms with Crippen LogP contribution in [0.25, 0.3) is 87.7 Å². The normalized spacial score (nSPS) is 13.0. The van der Waals surface area contributed by atoms with E-state index >= 15 is 0 Å². The van der Waals surface area contributed by atoms with Gasteiger partial charge in [0.05, 0.1) is 5.41 Å². The highest BCUT2D eigenvalue weighted by Crippen LogP contribution is 2.69. The number of hydrogen-bond acceptors (Lipinski definition) is 4. The third-order valence-electron chi connectivity index (χ3n) is 15.8. The summed E-state index contributed by atoms with van der Waals surface area (Å²) in [6.07, 6.45) is 0. The molecule has 340 valence electrons. The minimum atomic E-state index is -0.770. The second-order valence-electron chi connectivity index (χ2n) is 19.4. The van der Waals surface area contributed by atoms with Crippen molar-refractivity contribution < 1.29 is 8.83 Å². The highest BCUT2D eigenvalue weighted by atomic mass is 16.3. The van der Waals surface area contributed by atoms with E-state index in [0.717, 1.165) is 105 Å². The molecular weight excluding hydrogens is 889 g/mol. The van der Waals surface area contributed by atoms with E-state index in [-0.39, 0.29) is 0 Å². The Morgan fingerprint density at radius 1 is 0.274 bits per heavy atom. The van der Waals surface area contributed by atoms with Crippen LogP contribution in [0.15, 0.2) is 264 Å². The van der Waals surface area contributed by atoms with E-state index < -0.39 is 5.41 Å². The molecule has 0 amide bonds. The second kappa shape index (κ2) is 15.2. The molecule has 0 saturated carbocycles. The topological polar surface area (TPSA) is 32.8 Å². The van der Waals surface area contributed by atoms with Gasteiger partial charge < -0.3 is 18.6 Å². The SMILES string of the molecule is c1ccc(N(c2ccccc2)c2ccc3c4c(c5c6ccccc6oc5c3c2)-c2c(c3ccc(N(c5ccccc5)c5ccccc5)cc3c3c2oc2ccccc23)C42c3ccccc3-c3ccccc32)cc1. The highest BCUT2D eigenvalue weighted by Gasteiger charge is 2.55. The summed E-state index contributed by atoms with van der Waals surface area (Å²) in [5.74, 6) is 0. The molecule has 0 radical (unpaired) electrons. The van der Waals surface area contributed by atoms with Crippen LogP contribution in [0, 0.1) is 0 Å². The highest BCUT2D eigenvalue weighted by molar-refractivity contribution is 6.33. The lowest BCUT2D eigenvalue weighted by Gasteiger charge is -2.33. The number of rotatable bonds is 6. The molecule has 0 atom stereocenters. The van der Waals surface area contributed by atoms with Crippen molar-refractivity contribution >= 4 is 99.5 Å². The van der Waals surface area contributed by atoms with Crippen molar-refractivity contribution in [2.75, 3.05) is 9.80 Å². The van der Waals surface area contributed by atoms with Crippen molar-refractivity contribution in [3.8, 4) is 22.3 Å². The zero-order chi connectivity index (χ0) is 47.8. The van der Waals surface area contributed by atoms with Crippen LogP contribution in [-0.4, -0.2) is 0 Å². The quantitative estimate of drug-likeness (QED) is 0.166. The van der Waals surface area contributed by atoms with E-state index in [9.17, 15) is 0 Å². The second-order valence-corrected chi connectivity index (χ2v) is 19.4. The molecule has 14 aromatic rings. The smallest absolute Gasteiger partial charge is 0.144 e. The molecule has 1 spiro atoms. The molecule has 0 aliphatic heterocycles. The average molecular weight is 931 g/mol. The first-order valence-electron chi connectivity index (χ1n) is 25.1. The third-order valence-corrected chi connectivity index (χ3v) is 15.8. The van der Waals surface area contributed by atoms with Crippen molar-refractivity contribution in [2.24, 2.45) is 0 Å². The van der Waals surface area contributed by atoms with Crippen molar-refractivity contribution in [1.29, 1.82) is 0 Å². The average Bonchev–Trinajstić information content (AvgIpc) is 4.24. The maximum Gasteiger partial charge on any atom is 0.144 e. The Hall–Kier alpha value is -9.64. The Kier molecular flexibility index (Phi) is 8.35. The van der Waals surface area contributed by atoms with Gasteiger partial charge in [0.25, 0.3) is 0 Å². The molecule has 0 N–H and O–H groups in total. The van der Waals surface area contributed by atoms with Crippen molar-refractivity contribution in [3.63, 3.8) is 0 Å². The first kappa shape index (κ1) is 40.1. The van der Waals surface area contributed by atoms with Gasteiger partial charge in [0, 0.05) is 72.2 Å². The largest absolute Gasteiger partial charge is 0.455 e. The van der Waals surface area contributed by atoms with Gasteiger partial charge in [0.1, 0.15) is 22.3 Å². The van der Waals surface area contributed by atoms with Gasteiger partial charge in [-0.3, -0.25) is 0 Å². The van der Waals surface area contributed by atoms with Crippen LogP contribution >= 0.6 is 0 Å². The summed E-state index contributed by atoms with van der Waals surface area (Å²) in [5.41, 5.74) is 18.9. The van der Waals surface area contributed by atoms with Crippen LogP contribution in [0.5, 0.6) is 0 Å². The van der Waals surface area contributed by atoms with Crippen molar-refractivity contribution in [2.45, 2.75) is 5.41 Å². The Balaban J connectivity index is 1.11. The number of fused-ring (bicyclic) bond motifs is 24. The van der Waals surface area contributed by atoms with Gasteiger partial charge in [-0.05, 0) is 134 Å².